The Kier molecular flexibility index (Phi) is 4.62. The van der Waals surface area contributed by atoms with Gasteiger partial charge in [0.1, 0.15) is 11.6 Å². The smallest absolute Gasteiger partial charge is 0.323 e. The molecule has 4 rings (SSSR count). The van der Waals surface area contributed by atoms with Gasteiger partial charge in [0.15, 0.2) is 5.65 Å². The maximum atomic E-state index is 12.4. The molecule has 6 heteroatoms. The molecule has 0 spiro atoms. The van der Waals surface area contributed by atoms with Crippen LogP contribution in [0.25, 0.3) is 22.3 Å². The molecule has 1 aromatic carbocycles. The SMILES string of the molecule is COc1cccc(-c2ccc3ccc(NC(=O)N4CCC(C)C4)nc3n2)c1. The predicted molar refractivity (Wildman–Crippen MR) is 106 cm³/mol. The summed E-state index contributed by atoms with van der Waals surface area (Å²) in [5.74, 6) is 1.85. The Morgan fingerprint density at radius 2 is 2.04 bits per heavy atom. The molecule has 2 amide bonds. The molecule has 1 aliphatic rings. The number of benzene rings is 1. The van der Waals surface area contributed by atoms with E-state index in [1.54, 1.807) is 7.11 Å². The van der Waals surface area contributed by atoms with Crippen molar-refractivity contribution in [2.45, 2.75) is 13.3 Å². The quantitative estimate of drug-likeness (QED) is 0.759. The van der Waals surface area contributed by atoms with Crippen LogP contribution < -0.4 is 10.1 Å². The van der Waals surface area contributed by atoms with E-state index in [1.165, 1.54) is 0 Å². The molecule has 1 fully saturated rings. The third-order valence-corrected chi connectivity index (χ3v) is 4.86. The Labute approximate surface area is 158 Å². The van der Waals surface area contributed by atoms with Crippen LogP contribution in [-0.4, -0.2) is 41.1 Å². The van der Waals surface area contributed by atoms with Crippen LogP contribution in [0.2, 0.25) is 0 Å². The maximum absolute atomic E-state index is 12.4. The first-order chi connectivity index (χ1) is 13.1. The number of hydrogen-bond acceptors (Lipinski definition) is 4. The fourth-order valence-electron chi connectivity index (χ4n) is 3.32. The summed E-state index contributed by atoms with van der Waals surface area (Å²) in [6, 6.07) is 15.3. The van der Waals surface area contributed by atoms with Gasteiger partial charge in [0.25, 0.3) is 0 Å². The van der Waals surface area contributed by atoms with Gasteiger partial charge in [0.05, 0.1) is 12.8 Å². The van der Waals surface area contributed by atoms with Crippen molar-refractivity contribution in [2.24, 2.45) is 5.92 Å². The number of carbonyl (C=O) groups excluding carboxylic acids is 1. The van der Waals surface area contributed by atoms with Crippen LogP contribution in [0.5, 0.6) is 5.75 Å². The number of rotatable bonds is 3. The van der Waals surface area contributed by atoms with Gasteiger partial charge in [-0.15, -0.1) is 0 Å². The summed E-state index contributed by atoms with van der Waals surface area (Å²) in [5, 5.41) is 3.82. The van der Waals surface area contributed by atoms with E-state index in [9.17, 15) is 4.79 Å². The second-order valence-corrected chi connectivity index (χ2v) is 6.94. The zero-order chi connectivity index (χ0) is 18.8. The van der Waals surface area contributed by atoms with E-state index in [1.807, 2.05) is 53.4 Å². The van der Waals surface area contributed by atoms with Gasteiger partial charge >= 0.3 is 6.03 Å². The Morgan fingerprint density at radius 3 is 2.81 bits per heavy atom. The lowest BCUT2D eigenvalue weighted by molar-refractivity contribution is 0.221. The van der Waals surface area contributed by atoms with Crippen LogP contribution in [0.3, 0.4) is 0 Å². The number of ether oxygens (including phenoxy) is 1. The molecular weight excluding hydrogens is 340 g/mol. The summed E-state index contributed by atoms with van der Waals surface area (Å²) in [5.41, 5.74) is 2.37. The number of nitrogens with one attached hydrogen (secondary N) is 1. The fourth-order valence-corrected chi connectivity index (χ4v) is 3.32. The van der Waals surface area contributed by atoms with Gasteiger partial charge in [-0.25, -0.2) is 14.8 Å². The normalized spacial score (nSPS) is 16.5. The highest BCUT2D eigenvalue weighted by atomic mass is 16.5. The summed E-state index contributed by atoms with van der Waals surface area (Å²) < 4.78 is 5.29. The molecule has 0 radical (unpaired) electrons. The number of methoxy groups -OCH3 is 1. The molecular formula is C21H22N4O2. The number of likely N-dealkylation sites (tertiary alicyclic amines) is 1. The van der Waals surface area contributed by atoms with Crippen LogP contribution in [0.4, 0.5) is 10.6 Å². The van der Waals surface area contributed by atoms with Crippen molar-refractivity contribution in [3.63, 3.8) is 0 Å². The zero-order valence-electron chi connectivity index (χ0n) is 15.5. The Morgan fingerprint density at radius 1 is 1.19 bits per heavy atom. The van der Waals surface area contributed by atoms with Crippen LogP contribution in [-0.2, 0) is 0 Å². The number of aromatic nitrogens is 2. The van der Waals surface area contributed by atoms with Gasteiger partial charge in [-0.2, -0.15) is 0 Å². The van der Waals surface area contributed by atoms with E-state index in [-0.39, 0.29) is 6.03 Å². The van der Waals surface area contributed by atoms with Crippen LogP contribution in [0, 0.1) is 5.92 Å². The number of pyridine rings is 2. The van der Waals surface area contributed by atoms with Crippen molar-refractivity contribution in [3.8, 4) is 17.0 Å². The summed E-state index contributed by atoms with van der Waals surface area (Å²) in [6.45, 7) is 3.74. The van der Waals surface area contributed by atoms with E-state index in [0.717, 1.165) is 41.9 Å². The molecule has 0 aliphatic carbocycles. The summed E-state index contributed by atoms with van der Waals surface area (Å²) in [7, 11) is 1.64. The number of carbonyl (C=O) groups is 1. The topological polar surface area (TPSA) is 67.3 Å². The standard InChI is InChI=1S/C21H22N4O2/c1-14-10-11-25(13-14)21(26)24-19-9-7-15-6-8-18(22-20(15)23-19)16-4-3-5-17(12-16)27-2/h3-9,12,14H,10-11,13H2,1-2H3,(H,22,23,24,26). The molecule has 1 unspecified atom stereocenters. The first-order valence-corrected chi connectivity index (χ1v) is 9.10. The first kappa shape index (κ1) is 17.3. The highest BCUT2D eigenvalue weighted by Crippen LogP contribution is 2.24. The second kappa shape index (κ2) is 7.23. The molecule has 1 saturated heterocycles. The molecule has 6 nitrogen and oxygen atoms in total. The van der Waals surface area contributed by atoms with Crippen molar-refractivity contribution in [1.29, 1.82) is 0 Å². The molecule has 1 atom stereocenters. The second-order valence-electron chi connectivity index (χ2n) is 6.94. The lowest BCUT2D eigenvalue weighted by Crippen LogP contribution is -2.33. The van der Waals surface area contributed by atoms with Gasteiger partial charge in [-0.3, -0.25) is 5.32 Å². The number of hydrogen-bond donors (Lipinski definition) is 1. The van der Waals surface area contributed by atoms with E-state index >= 15 is 0 Å². The Balaban J connectivity index is 1.60. The van der Waals surface area contributed by atoms with E-state index < -0.39 is 0 Å². The highest BCUT2D eigenvalue weighted by molar-refractivity contribution is 5.90. The van der Waals surface area contributed by atoms with E-state index in [0.29, 0.717) is 17.4 Å². The predicted octanol–water partition coefficient (Wildman–Crippen LogP) is 4.18. The van der Waals surface area contributed by atoms with Gasteiger partial charge in [-0.1, -0.05) is 19.1 Å². The minimum Gasteiger partial charge on any atom is -0.497 e. The fraction of sp³-hybridized carbons (Fsp3) is 0.286. The largest absolute Gasteiger partial charge is 0.497 e. The number of anilines is 1. The third kappa shape index (κ3) is 3.69. The number of fused-ring (bicyclic) bond motifs is 1. The van der Waals surface area contributed by atoms with Crippen molar-refractivity contribution >= 4 is 22.9 Å². The first-order valence-electron chi connectivity index (χ1n) is 9.10. The number of nitrogens with zero attached hydrogens (tertiary/aromatic N) is 3. The molecule has 138 valence electrons. The lowest BCUT2D eigenvalue weighted by Gasteiger charge is -2.16. The zero-order valence-corrected chi connectivity index (χ0v) is 15.5. The molecule has 3 heterocycles. The average Bonchev–Trinajstić information content (AvgIpc) is 3.14. The highest BCUT2D eigenvalue weighted by Gasteiger charge is 2.23. The number of urea groups is 1. The third-order valence-electron chi connectivity index (χ3n) is 4.86. The molecule has 0 bridgehead atoms. The summed E-state index contributed by atoms with van der Waals surface area (Å²) in [4.78, 5) is 23.4. The van der Waals surface area contributed by atoms with Gasteiger partial charge < -0.3 is 9.64 Å². The Bertz CT molecular complexity index is 989. The van der Waals surface area contributed by atoms with Crippen molar-refractivity contribution in [1.82, 2.24) is 14.9 Å². The van der Waals surface area contributed by atoms with Gasteiger partial charge in [0.2, 0.25) is 0 Å². The molecule has 1 aliphatic heterocycles. The van der Waals surface area contributed by atoms with Crippen LogP contribution in [0.15, 0.2) is 48.5 Å². The van der Waals surface area contributed by atoms with Crippen molar-refractivity contribution < 1.29 is 9.53 Å². The average molecular weight is 362 g/mol. The summed E-state index contributed by atoms with van der Waals surface area (Å²) in [6.07, 6.45) is 1.05. The van der Waals surface area contributed by atoms with Gasteiger partial charge in [0, 0.05) is 24.0 Å². The summed E-state index contributed by atoms with van der Waals surface area (Å²) >= 11 is 0. The van der Waals surface area contributed by atoms with Crippen molar-refractivity contribution in [3.05, 3.63) is 48.5 Å². The number of amides is 2. The Hall–Kier alpha value is -3.15. The van der Waals surface area contributed by atoms with E-state index in [2.05, 4.69) is 22.2 Å². The molecule has 27 heavy (non-hydrogen) atoms. The van der Waals surface area contributed by atoms with E-state index in [4.69, 9.17) is 4.74 Å². The molecule has 2 aromatic heterocycles. The van der Waals surface area contributed by atoms with Gasteiger partial charge in [-0.05, 0) is 48.7 Å². The molecule has 1 N–H and O–H groups in total. The van der Waals surface area contributed by atoms with Crippen molar-refractivity contribution in [2.75, 3.05) is 25.5 Å². The van der Waals surface area contributed by atoms with Crippen LogP contribution in [0.1, 0.15) is 13.3 Å². The monoisotopic (exact) mass is 362 g/mol. The minimum absolute atomic E-state index is 0.102. The molecule has 3 aromatic rings. The minimum atomic E-state index is -0.102. The van der Waals surface area contributed by atoms with Crippen LogP contribution >= 0.6 is 0 Å². The lowest BCUT2D eigenvalue weighted by atomic mass is 10.1. The molecule has 0 saturated carbocycles. The maximum Gasteiger partial charge on any atom is 0.323 e.